The summed E-state index contributed by atoms with van der Waals surface area (Å²) < 4.78 is 41.7. The first-order valence-electron chi connectivity index (χ1n) is 10.6. The molecule has 172 valence electrons. The van der Waals surface area contributed by atoms with Crippen molar-refractivity contribution in [3.63, 3.8) is 0 Å². The fourth-order valence-corrected chi connectivity index (χ4v) is 4.30. The lowest BCUT2D eigenvalue weighted by Gasteiger charge is -2.28. The Labute approximate surface area is 189 Å². The molecule has 0 spiro atoms. The van der Waals surface area contributed by atoms with Gasteiger partial charge in [0, 0.05) is 18.4 Å². The van der Waals surface area contributed by atoms with Crippen molar-refractivity contribution >= 4 is 5.97 Å². The second-order valence-electron chi connectivity index (χ2n) is 7.94. The minimum absolute atomic E-state index is 0.0495. The minimum atomic E-state index is -4.68. The zero-order valence-corrected chi connectivity index (χ0v) is 17.7. The van der Waals surface area contributed by atoms with Crippen LogP contribution in [0.25, 0.3) is 11.1 Å². The van der Waals surface area contributed by atoms with Crippen LogP contribution >= 0.6 is 0 Å². The molecule has 2 N–H and O–H groups in total. The van der Waals surface area contributed by atoms with E-state index in [4.69, 9.17) is 0 Å². The van der Waals surface area contributed by atoms with E-state index in [1.54, 1.807) is 30.5 Å². The van der Waals surface area contributed by atoms with Gasteiger partial charge in [-0.1, -0.05) is 42.5 Å². The number of pyridine rings is 1. The Bertz CT molecular complexity index is 1150. The summed E-state index contributed by atoms with van der Waals surface area (Å²) in [7, 11) is 0. The summed E-state index contributed by atoms with van der Waals surface area (Å²) in [5, 5.41) is 12.9. The van der Waals surface area contributed by atoms with Crippen LogP contribution < -0.4 is 5.32 Å². The summed E-state index contributed by atoms with van der Waals surface area (Å²) in [6.07, 6.45) is 0.446. The van der Waals surface area contributed by atoms with Gasteiger partial charge in [-0.05, 0) is 65.3 Å². The van der Waals surface area contributed by atoms with Crippen LogP contribution in [0.2, 0.25) is 0 Å². The zero-order chi connectivity index (χ0) is 23.4. The largest absolute Gasteiger partial charge is 0.522 e. The van der Waals surface area contributed by atoms with Crippen molar-refractivity contribution in [1.82, 2.24) is 10.3 Å². The predicted octanol–water partition coefficient (Wildman–Crippen LogP) is 5.30. The number of aromatic carboxylic acids is 1. The van der Waals surface area contributed by atoms with Crippen molar-refractivity contribution in [3.05, 3.63) is 88.7 Å². The first-order valence-corrected chi connectivity index (χ1v) is 10.6. The van der Waals surface area contributed by atoms with Gasteiger partial charge in [-0.3, -0.25) is 9.72 Å². The van der Waals surface area contributed by atoms with Crippen molar-refractivity contribution in [2.45, 2.75) is 38.3 Å². The Morgan fingerprint density at radius 2 is 1.97 bits per heavy atom. The highest BCUT2D eigenvalue weighted by atomic mass is 19.4. The number of aryl methyl sites for hydroxylation is 1. The predicted molar refractivity (Wildman–Crippen MR) is 117 cm³/mol. The number of carbonyl (C=O) groups is 1. The highest BCUT2D eigenvalue weighted by molar-refractivity contribution is 5.89. The molecule has 1 atom stereocenters. The maximum Gasteiger partial charge on any atom is 0.522 e. The van der Waals surface area contributed by atoms with E-state index in [1.165, 1.54) is 12.3 Å². The highest BCUT2D eigenvalue weighted by Crippen LogP contribution is 2.33. The number of benzene rings is 2. The van der Waals surface area contributed by atoms with Crippen LogP contribution in [-0.2, 0) is 24.2 Å². The van der Waals surface area contributed by atoms with Gasteiger partial charge in [-0.15, -0.1) is 13.2 Å². The first-order chi connectivity index (χ1) is 15.8. The Kier molecular flexibility index (Phi) is 6.76. The number of aromatic nitrogens is 1. The monoisotopic (exact) mass is 456 g/mol. The quantitative estimate of drug-likeness (QED) is 0.505. The molecule has 0 bridgehead atoms. The van der Waals surface area contributed by atoms with Crippen molar-refractivity contribution in [2.75, 3.05) is 6.54 Å². The number of halogens is 3. The normalized spacial score (nSPS) is 15.8. The van der Waals surface area contributed by atoms with Gasteiger partial charge in [-0.25, -0.2) is 4.79 Å². The summed E-state index contributed by atoms with van der Waals surface area (Å²) >= 11 is 0. The Morgan fingerprint density at radius 1 is 1.15 bits per heavy atom. The molecule has 5 nitrogen and oxygen atoms in total. The Morgan fingerprint density at radius 3 is 2.76 bits per heavy atom. The van der Waals surface area contributed by atoms with Crippen LogP contribution in [0.1, 0.15) is 45.1 Å². The van der Waals surface area contributed by atoms with Crippen LogP contribution in [0.3, 0.4) is 0 Å². The SMILES string of the molecule is O=C(O)c1ccncc1CC[C@@H]1NCCc2cc(-c3ccccc3COC(F)(F)F)ccc21. The first kappa shape index (κ1) is 22.9. The molecule has 33 heavy (non-hydrogen) atoms. The molecule has 0 unspecified atom stereocenters. The molecule has 2 aromatic carbocycles. The van der Waals surface area contributed by atoms with Crippen LogP contribution in [-0.4, -0.2) is 29.0 Å². The van der Waals surface area contributed by atoms with Gasteiger partial charge >= 0.3 is 12.3 Å². The second kappa shape index (κ2) is 9.72. The number of nitrogens with one attached hydrogen (secondary N) is 1. The zero-order valence-electron chi connectivity index (χ0n) is 17.7. The molecule has 0 amide bonds. The lowest BCUT2D eigenvalue weighted by molar-refractivity contribution is -0.330. The lowest BCUT2D eigenvalue weighted by atomic mass is 9.87. The van der Waals surface area contributed by atoms with Gasteiger partial charge in [0.15, 0.2) is 0 Å². The third-order valence-corrected chi connectivity index (χ3v) is 5.86. The summed E-state index contributed by atoms with van der Waals surface area (Å²) in [6, 6.07) is 14.4. The standard InChI is InChI=1S/C25H23F3N2O3/c26-25(27,28)33-15-19-3-1-2-4-20(19)16-5-7-21-17(13-16)9-12-30-23(21)8-6-18-14-29-11-10-22(18)24(31)32/h1-5,7,10-11,13-14,23,30H,6,8-9,12,15H2,(H,31,32)/t23-/m0/s1. The number of ether oxygens (including phenoxy) is 1. The molecule has 0 saturated carbocycles. The van der Waals surface area contributed by atoms with Crippen LogP contribution in [0.4, 0.5) is 13.2 Å². The number of fused-ring (bicyclic) bond motifs is 1. The molecule has 1 aromatic heterocycles. The summed E-state index contributed by atoms with van der Waals surface area (Å²) in [5.41, 5.74) is 5.22. The Balaban J connectivity index is 1.55. The van der Waals surface area contributed by atoms with E-state index in [0.717, 1.165) is 29.7 Å². The van der Waals surface area contributed by atoms with Gasteiger partial charge in [-0.2, -0.15) is 0 Å². The number of alkyl halides is 3. The van der Waals surface area contributed by atoms with E-state index in [-0.39, 0.29) is 11.6 Å². The number of carboxylic acids is 1. The molecule has 4 rings (SSSR count). The molecule has 0 saturated heterocycles. The number of nitrogens with zero attached hydrogens (tertiary/aromatic N) is 1. The van der Waals surface area contributed by atoms with Crippen LogP contribution in [0.5, 0.6) is 0 Å². The van der Waals surface area contributed by atoms with Gasteiger partial charge in [0.1, 0.15) is 0 Å². The second-order valence-corrected chi connectivity index (χ2v) is 7.94. The van der Waals surface area contributed by atoms with Gasteiger partial charge < -0.3 is 10.4 Å². The minimum Gasteiger partial charge on any atom is -0.478 e. The summed E-state index contributed by atoms with van der Waals surface area (Å²) in [6.45, 7) is 0.219. The third-order valence-electron chi connectivity index (χ3n) is 5.86. The average Bonchev–Trinajstić information content (AvgIpc) is 2.81. The van der Waals surface area contributed by atoms with Gasteiger partial charge in [0.25, 0.3) is 0 Å². The molecular weight excluding hydrogens is 433 g/mol. The van der Waals surface area contributed by atoms with Crippen molar-refractivity contribution in [3.8, 4) is 11.1 Å². The van der Waals surface area contributed by atoms with E-state index in [0.29, 0.717) is 29.5 Å². The number of rotatable bonds is 7. The topological polar surface area (TPSA) is 71.5 Å². The summed E-state index contributed by atoms with van der Waals surface area (Å²) in [4.78, 5) is 15.5. The number of carboxylic acid groups (broad SMARTS) is 1. The highest BCUT2D eigenvalue weighted by Gasteiger charge is 2.29. The van der Waals surface area contributed by atoms with Crippen LogP contribution in [0, 0.1) is 0 Å². The molecule has 0 radical (unpaired) electrons. The molecule has 0 fully saturated rings. The van der Waals surface area contributed by atoms with Gasteiger partial charge in [0.05, 0.1) is 12.2 Å². The van der Waals surface area contributed by atoms with Crippen molar-refractivity contribution < 1.29 is 27.8 Å². The van der Waals surface area contributed by atoms with Crippen LogP contribution in [0.15, 0.2) is 60.9 Å². The van der Waals surface area contributed by atoms with E-state index in [2.05, 4.69) is 15.0 Å². The van der Waals surface area contributed by atoms with Crippen molar-refractivity contribution in [1.29, 1.82) is 0 Å². The lowest BCUT2D eigenvalue weighted by Crippen LogP contribution is -2.30. The van der Waals surface area contributed by atoms with E-state index in [1.807, 2.05) is 18.2 Å². The number of hydrogen-bond acceptors (Lipinski definition) is 4. The number of hydrogen-bond donors (Lipinski definition) is 2. The molecule has 8 heteroatoms. The van der Waals surface area contributed by atoms with Gasteiger partial charge in [0.2, 0.25) is 0 Å². The molecular formula is C25H23F3N2O3. The van der Waals surface area contributed by atoms with E-state index in [9.17, 15) is 23.1 Å². The Hall–Kier alpha value is -3.23. The maximum atomic E-state index is 12.5. The smallest absolute Gasteiger partial charge is 0.478 e. The molecule has 0 aliphatic carbocycles. The molecule has 1 aliphatic rings. The fraction of sp³-hybridized carbons (Fsp3) is 0.280. The molecule has 1 aliphatic heterocycles. The fourth-order valence-electron chi connectivity index (χ4n) is 4.30. The third kappa shape index (κ3) is 5.58. The average molecular weight is 456 g/mol. The molecule has 2 heterocycles. The maximum absolute atomic E-state index is 12.5. The van der Waals surface area contributed by atoms with E-state index >= 15 is 0 Å². The molecule has 3 aromatic rings. The van der Waals surface area contributed by atoms with Crippen molar-refractivity contribution in [2.24, 2.45) is 0 Å². The summed E-state index contributed by atoms with van der Waals surface area (Å²) in [5.74, 6) is -0.970. The van der Waals surface area contributed by atoms with E-state index < -0.39 is 18.9 Å².